The first-order chi connectivity index (χ1) is 26.0. The molecule has 0 rings (SSSR count). The molecule has 1 unspecified atom stereocenters. The number of hydrogen-bond donors (Lipinski definition) is 0. The van der Waals surface area contributed by atoms with Gasteiger partial charge in [0.25, 0.3) is 0 Å². The van der Waals surface area contributed by atoms with E-state index in [1.807, 2.05) is 0 Å². The summed E-state index contributed by atoms with van der Waals surface area (Å²) in [4.78, 5) is 37.6. The van der Waals surface area contributed by atoms with Crippen LogP contribution in [0.3, 0.4) is 0 Å². The van der Waals surface area contributed by atoms with Gasteiger partial charge in [0, 0.05) is 19.3 Å². The first-order valence-corrected chi connectivity index (χ1v) is 22.5. The SMILES string of the molecule is CCC/C=C\CCCCCCCC(=O)OC(COC(=O)CCCCCCC/C=C\C/C=C\CCCCCC)COC(=O)CCCCCCCCCCC. The topological polar surface area (TPSA) is 78.9 Å². The van der Waals surface area contributed by atoms with Crippen molar-refractivity contribution in [3.8, 4) is 0 Å². The first-order valence-electron chi connectivity index (χ1n) is 22.5. The molecule has 1 atom stereocenters. The minimum absolute atomic E-state index is 0.0788. The van der Waals surface area contributed by atoms with Crippen LogP contribution in [0.2, 0.25) is 0 Å². The van der Waals surface area contributed by atoms with Crippen molar-refractivity contribution in [2.24, 2.45) is 0 Å². The molecule has 0 saturated carbocycles. The molecule has 0 aromatic rings. The summed E-state index contributed by atoms with van der Waals surface area (Å²) in [6.45, 7) is 6.51. The fourth-order valence-electron chi connectivity index (χ4n) is 6.18. The maximum Gasteiger partial charge on any atom is 0.306 e. The largest absolute Gasteiger partial charge is 0.462 e. The van der Waals surface area contributed by atoms with Gasteiger partial charge < -0.3 is 14.2 Å². The Kier molecular flexibility index (Phi) is 40.5. The van der Waals surface area contributed by atoms with Crippen LogP contribution >= 0.6 is 0 Å². The lowest BCUT2D eigenvalue weighted by Crippen LogP contribution is -2.30. The van der Waals surface area contributed by atoms with E-state index in [0.29, 0.717) is 19.3 Å². The molecule has 308 valence electrons. The number of carbonyl (C=O) groups is 3. The van der Waals surface area contributed by atoms with Crippen LogP contribution in [0.15, 0.2) is 36.5 Å². The smallest absolute Gasteiger partial charge is 0.306 e. The average molecular weight is 745 g/mol. The number of carbonyl (C=O) groups excluding carboxylic acids is 3. The van der Waals surface area contributed by atoms with E-state index < -0.39 is 6.10 Å². The quantitative estimate of drug-likeness (QED) is 0.0269. The minimum Gasteiger partial charge on any atom is -0.462 e. The van der Waals surface area contributed by atoms with Crippen molar-refractivity contribution in [1.29, 1.82) is 0 Å². The third-order valence-electron chi connectivity index (χ3n) is 9.60. The van der Waals surface area contributed by atoms with Crippen LogP contribution in [-0.2, 0) is 28.6 Å². The Morgan fingerprint density at radius 1 is 0.377 bits per heavy atom. The molecule has 53 heavy (non-hydrogen) atoms. The van der Waals surface area contributed by atoms with E-state index in [4.69, 9.17) is 14.2 Å². The molecule has 0 aliphatic rings. The predicted molar refractivity (Wildman–Crippen MR) is 224 cm³/mol. The highest BCUT2D eigenvalue weighted by Crippen LogP contribution is 2.13. The van der Waals surface area contributed by atoms with Crippen LogP contribution in [0.1, 0.15) is 226 Å². The van der Waals surface area contributed by atoms with E-state index in [1.165, 1.54) is 89.9 Å². The Balaban J connectivity index is 4.34. The third kappa shape index (κ3) is 40.6. The molecule has 0 saturated heterocycles. The molecular formula is C47H84O6. The van der Waals surface area contributed by atoms with Gasteiger partial charge in [-0.25, -0.2) is 0 Å². The predicted octanol–water partition coefficient (Wildman–Crippen LogP) is 14.2. The van der Waals surface area contributed by atoms with Crippen molar-refractivity contribution >= 4 is 17.9 Å². The molecule has 6 nitrogen and oxygen atoms in total. The molecule has 0 fully saturated rings. The van der Waals surface area contributed by atoms with Crippen molar-refractivity contribution in [3.05, 3.63) is 36.5 Å². The molecule has 0 radical (unpaired) electrons. The molecule has 0 N–H and O–H groups in total. The number of esters is 3. The van der Waals surface area contributed by atoms with Gasteiger partial charge in [0.1, 0.15) is 13.2 Å². The first kappa shape index (κ1) is 50.6. The number of ether oxygens (including phenoxy) is 3. The third-order valence-corrected chi connectivity index (χ3v) is 9.60. The molecule has 0 spiro atoms. The molecule has 0 bridgehead atoms. The highest BCUT2D eigenvalue weighted by atomic mass is 16.6. The lowest BCUT2D eigenvalue weighted by atomic mass is 10.1. The Morgan fingerprint density at radius 2 is 0.717 bits per heavy atom. The summed E-state index contributed by atoms with van der Waals surface area (Å²) >= 11 is 0. The molecule has 0 aliphatic heterocycles. The van der Waals surface area contributed by atoms with Gasteiger partial charge in [-0.15, -0.1) is 0 Å². The van der Waals surface area contributed by atoms with Gasteiger partial charge in [-0.2, -0.15) is 0 Å². The standard InChI is InChI=1S/C47H84O6/c1-4-7-10-13-16-19-21-22-23-24-25-26-29-31-34-37-40-46(49)52-43-44(42-51-45(48)39-36-33-30-27-18-15-12-9-6-3)53-47(50)41-38-35-32-28-20-17-14-11-8-5-2/h11,14,19,21,23-24,44H,4-10,12-13,15-18,20,22,25-43H2,1-3H3/b14-11-,21-19-,24-23-. The van der Waals surface area contributed by atoms with E-state index in [2.05, 4.69) is 57.2 Å². The molecule has 0 heterocycles. The molecular weight excluding hydrogens is 661 g/mol. The second-order valence-corrected chi connectivity index (χ2v) is 15.0. The zero-order valence-electron chi connectivity index (χ0n) is 35.0. The summed E-state index contributed by atoms with van der Waals surface area (Å²) in [5.41, 5.74) is 0. The maximum atomic E-state index is 12.7. The average Bonchev–Trinajstić information content (AvgIpc) is 3.15. The Hall–Kier alpha value is -2.37. The highest BCUT2D eigenvalue weighted by molar-refractivity contribution is 5.71. The van der Waals surface area contributed by atoms with E-state index >= 15 is 0 Å². The van der Waals surface area contributed by atoms with Gasteiger partial charge in [-0.3, -0.25) is 14.4 Å². The Morgan fingerprint density at radius 3 is 1.15 bits per heavy atom. The monoisotopic (exact) mass is 745 g/mol. The van der Waals surface area contributed by atoms with Crippen LogP contribution in [-0.4, -0.2) is 37.2 Å². The summed E-state index contributed by atoms with van der Waals surface area (Å²) in [5.74, 6) is -0.907. The van der Waals surface area contributed by atoms with Crippen molar-refractivity contribution in [3.63, 3.8) is 0 Å². The normalized spacial score (nSPS) is 12.3. The summed E-state index contributed by atoms with van der Waals surface area (Å²) in [7, 11) is 0. The van der Waals surface area contributed by atoms with Crippen molar-refractivity contribution in [2.45, 2.75) is 232 Å². The van der Waals surface area contributed by atoms with Crippen LogP contribution in [0, 0.1) is 0 Å². The number of allylic oxidation sites excluding steroid dienone is 6. The molecule has 0 aliphatic carbocycles. The van der Waals surface area contributed by atoms with E-state index in [0.717, 1.165) is 96.3 Å². The van der Waals surface area contributed by atoms with E-state index in [-0.39, 0.29) is 31.1 Å². The van der Waals surface area contributed by atoms with Crippen LogP contribution in [0.25, 0.3) is 0 Å². The number of hydrogen-bond acceptors (Lipinski definition) is 6. The van der Waals surface area contributed by atoms with Gasteiger partial charge in [0.05, 0.1) is 0 Å². The van der Waals surface area contributed by atoms with Gasteiger partial charge in [0.2, 0.25) is 0 Å². The van der Waals surface area contributed by atoms with Crippen LogP contribution in [0.4, 0.5) is 0 Å². The summed E-state index contributed by atoms with van der Waals surface area (Å²) in [5, 5.41) is 0. The highest BCUT2D eigenvalue weighted by Gasteiger charge is 2.19. The lowest BCUT2D eigenvalue weighted by Gasteiger charge is -2.18. The van der Waals surface area contributed by atoms with Gasteiger partial charge >= 0.3 is 17.9 Å². The van der Waals surface area contributed by atoms with E-state index in [1.54, 1.807) is 0 Å². The molecule has 0 aromatic heterocycles. The van der Waals surface area contributed by atoms with Crippen LogP contribution < -0.4 is 0 Å². The lowest BCUT2D eigenvalue weighted by molar-refractivity contribution is -0.167. The fraction of sp³-hybridized carbons (Fsp3) is 0.809. The van der Waals surface area contributed by atoms with Crippen molar-refractivity contribution in [1.82, 2.24) is 0 Å². The summed E-state index contributed by atoms with van der Waals surface area (Å²) in [6.07, 6.45) is 47.0. The Bertz CT molecular complexity index is 907. The molecule has 0 aromatic carbocycles. The van der Waals surface area contributed by atoms with Crippen LogP contribution in [0.5, 0.6) is 0 Å². The molecule has 6 heteroatoms. The zero-order valence-corrected chi connectivity index (χ0v) is 35.0. The maximum absolute atomic E-state index is 12.7. The van der Waals surface area contributed by atoms with Crippen molar-refractivity contribution < 1.29 is 28.6 Å². The van der Waals surface area contributed by atoms with Gasteiger partial charge in [0.15, 0.2) is 6.10 Å². The second-order valence-electron chi connectivity index (χ2n) is 15.0. The summed E-state index contributed by atoms with van der Waals surface area (Å²) in [6, 6.07) is 0. The molecule has 0 amide bonds. The fourth-order valence-corrected chi connectivity index (χ4v) is 6.18. The Labute approximate surface area is 327 Å². The zero-order chi connectivity index (χ0) is 38.7. The van der Waals surface area contributed by atoms with Gasteiger partial charge in [-0.05, 0) is 70.6 Å². The minimum atomic E-state index is -0.775. The second kappa shape index (κ2) is 42.4. The number of rotatable bonds is 40. The summed E-state index contributed by atoms with van der Waals surface area (Å²) < 4.78 is 16.6. The van der Waals surface area contributed by atoms with Crippen molar-refractivity contribution in [2.75, 3.05) is 13.2 Å². The number of unbranched alkanes of at least 4 members (excludes halogenated alkanes) is 23. The van der Waals surface area contributed by atoms with E-state index in [9.17, 15) is 14.4 Å². The van der Waals surface area contributed by atoms with Gasteiger partial charge in [-0.1, -0.05) is 173 Å².